The van der Waals surface area contributed by atoms with Gasteiger partial charge in [0.25, 0.3) is 0 Å². The largest absolute Gasteiger partial charge is 0.747 e. The lowest BCUT2D eigenvalue weighted by molar-refractivity contribution is 0.451. The van der Waals surface area contributed by atoms with Crippen molar-refractivity contribution in [3.8, 4) is 0 Å². The highest BCUT2D eigenvalue weighted by molar-refractivity contribution is 8.02. The van der Waals surface area contributed by atoms with Crippen LogP contribution < -0.4 is 0 Å². The van der Waals surface area contributed by atoms with E-state index in [1.807, 2.05) is 0 Å². The zero-order valence-electron chi connectivity index (χ0n) is 3.97. The highest BCUT2D eigenvalue weighted by Gasteiger charge is 2.00. The van der Waals surface area contributed by atoms with Crippen molar-refractivity contribution in [3.05, 3.63) is 0 Å². The molecular formula is CH2O6S2-2. The molecular weight excluding hydrogens is 172 g/mol. The van der Waals surface area contributed by atoms with Crippen LogP contribution in [0.5, 0.6) is 0 Å². The lowest BCUT2D eigenvalue weighted by Gasteiger charge is -2.08. The van der Waals surface area contributed by atoms with Gasteiger partial charge in [0.2, 0.25) is 0 Å². The molecule has 9 heavy (non-hydrogen) atoms. The molecule has 0 unspecified atom stereocenters. The van der Waals surface area contributed by atoms with Crippen LogP contribution in [0.3, 0.4) is 0 Å². The van der Waals surface area contributed by atoms with Crippen molar-refractivity contribution in [2.75, 3.05) is 5.08 Å². The van der Waals surface area contributed by atoms with E-state index in [-0.39, 0.29) is 0 Å². The fraction of sp³-hybridized carbons (Fsp3) is 1.00. The molecule has 0 aromatic carbocycles. The van der Waals surface area contributed by atoms with Gasteiger partial charge < -0.3 is 9.11 Å². The predicted molar refractivity (Wildman–Crippen MR) is 24.3 cm³/mol. The fourth-order valence-electron chi connectivity index (χ4n) is 0.177. The molecule has 56 valence electrons. The molecule has 0 heterocycles. The maximum absolute atomic E-state index is 9.51. The summed E-state index contributed by atoms with van der Waals surface area (Å²) < 4.78 is 57.1. The molecule has 0 aromatic rings. The molecule has 0 radical (unpaired) electrons. The SMILES string of the molecule is O=S(=O)([O-])CS(=O)(=O)[O-]. The molecule has 0 saturated carbocycles. The van der Waals surface area contributed by atoms with Crippen LogP contribution in [-0.2, 0) is 20.2 Å². The molecule has 0 amide bonds. The first kappa shape index (κ1) is 8.82. The lowest BCUT2D eigenvalue weighted by atomic mass is 11.9. The minimum Gasteiger partial charge on any atom is -0.747 e. The van der Waals surface area contributed by atoms with Crippen LogP contribution in [0.15, 0.2) is 0 Å². The molecule has 0 aliphatic rings. The van der Waals surface area contributed by atoms with Gasteiger partial charge in [-0.3, -0.25) is 0 Å². The summed E-state index contributed by atoms with van der Waals surface area (Å²) in [4.78, 5) is 0. The Labute approximate surface area is 52.0 Å². The third kappa shape index (κ3) is 7.82. The summed E-state index contributed by atoms with van der Waals surface area (Å²) in [5.74, 6) is 0. The minimum atomic E-state index is -4.93. The second-order valence-corrected chi connectivity index (χ2v) is 4.41. The van der Waals surface area contributed by atoms with E-state index in [0.717, 1.165) is 0 Å². The maximum Gasteiger partial charge on any atom is 0.128 e. The Morgan fingerprint density at radius 2 is 1.11 bits per heavy atom. The highest BCUT2D eigenvalue weighted by Crippen LogP contribution is 1.87. The first-order valence-corrected chi connectivity index (χ1v) is 4.73. The normalized spacial score (nSPS) is 13.6. The van der Waals surface area contributed by atoms with Gasteiger partial charge in [0, 0.05) is 0 Å². The van der Waals surface area contributed by atoms with Gasteiger partial charge >= 0.3 is 0 Å². The van der Waals surface area contributed by atoms with Crippen LogP contribution in [0.1, 0.15) is 0 Å². The number of hydrogen-bond acceptors (Lipinski definition) is 6. The lowest BCUT2D eigenvalue weighted by Crippen LogP contribution is -2.14. The van der Waals surface area contributed by atoms with Crippen molar-refractivity contribution < 1.29 is 25.9 Å². The Morgan fingerprint density at radius 1 is 0.889 bits per heavy atom. The highest BCUT2D eigenvalue weighted by atomic mass is 32.3. The van der Waals surface area contributed by atoms with Crippen molar-refractivity contribution >= 4 is 20.2 Å². The summed E-state index contributed by atoms with van der Waals surface area (Å²) in [6, 6.07) is 0. The van der Waals surface area contributed by atoms with E-state index in [9.17, 15) is 25.9 Å². The molecule has 0 aliphatic heterocycles. The van der Waals surface area contributed by atoms with Gasteiger partial charge in [0.15, 0.2) is 0 Å². The van der Waals surface area contributed by atoms with E-state index >= 15 is 0 Å². The molecule has 0 aromatic heterocycles. The molecule has 0 aliphatic carbocycles. The predicted octanol–water partition coefficient (Wildman–Crippen LogP) is -1.97. The molecule has 0 atom stereocenters. The van der Waals surface area contributed by atoms with Gasteiger partial charge in [-0.1, -0.05) is 0 Å². The first-order valence-electron chi connectivity index (χ1n) is 1.58. The standard InChI is InChI=1S/CH4O6S2/c2-8(3,4)1-9(5,6)7/h1H2,(H,2,3,4)(H,5,6,7)/p-2. The second-order valence-electron chi connectivity index (χ2n) is 1.23. The Bertz CT molecular complexity index is 236. The molecule has 0 saturated heterocycles. The van der Waals surface area contributed by atoms with Crippen molar-refractivity contribution in [3.63, 3.8) is 0 Å². The molecule has 0 bridgehead atoms. The summed E-state index contributed by atoms with van der Waals surface area (Å²) in [6.45, 7) is 0. The zero-order chi connectivity index (χ0) is 7.71. The summed E-state index contributed by atoms with van der Waals surface area (Å²) in [5, 5.41) is -1.88. The van der Waals surface area contributed by atoms with Gasteiger partial charge in [0.05, 0.1) is 0 Å². The third-order valence-corrected chi connectivity index (χ3v) is 2.60. The van der Waals surface area contributed by atoms with Crippen molar-refractivity contribution in [2.45, 2.75) is 0 Å². The van der Waals surface area contributed by atoms with Gasteiger partial charge in [-0.2, -0.15) is 0 Å². The van der Waals surface area contributed by atoms with Crippen LogP contribution in [-0.4, -0.2) is 31.0 Å². The van der Waals surface area contributed by atoms with Crippen LogP contribution in [0.2, 0.25) is 0 Å². The molecule has 0 spiro atoms. The molecule has 8 heteroatoms. The van der Waals surface area contributed by atoms with Gasteiger partial charge in [-0.05, 0) is 0 Å². The van der Waals surface area contributed by atoms with Crippen LogP contribution in [0.4, 0.5) is 0 Å². The molecule has 0 N–H and O–H groups in total. The van der Waals surface area contributed by atoms with E-state index in [1.54, 1.807) is 0 Å². The Morgan fingerprint density at radius 3 is 1.11 bits per heavy atom. The summed E-state index contributed by atoms with van der Waals surface area (Å²) in [5.41, 5.74) is 0. The maximum atomic E-state index is 9.51. The average Bonchev–Trinajstić information content (AvgIpc) is 1.14. The fourth-order valence-corrected chi connectivity index (χ4v) is 1.59. The minimum absolute atomic E-state index is 1.88. The smallest absolute Gasteiger partial charge is 0.128 e. The van der Waals surface area contributed by atoms with Gasteiger partial charge in [-0.15, -0.1) is 0 Å². The van der Waals surface area contributed by atoms with Crippen molar-refractivity contribution in [1.29, 1.82) is 0 Å². The molecule has 0 fully saturated rings. The number of hydrogen-bond donors (Lipinski definition) is 0. The van der Waals surface area contributed by atoms with Crippen LogP contribution >= 0.6 is 0 Å². The van der Waals surface area contributed by atoms with Crippen molar-refractivity contribution in [2.24, 2.45) is 0 Å². The monoisotopic (exact) mass is 174 g/mol. The quantitative estimate of drug-likeness (QED) is 0.448. The van der Waals surface area contributed by atoms with E-state index in [2.05, 4.69) is 0 Å². The topological polar surface area (TPSA) is 114 Å². The Hall–Kier alpha value is -0.180. The van der Waals surface area contributed by atoms with E-state index in [4.69, 9.17) is 0 Å². The first-order chi connectivity index (χ1) is 3.71. The van der Waals surface area contributed by atoms with Gasteiger partial charge in [-0.25, -0.2) is 16.8 Å². The second kappa shape index (κ2) is 2.21. The van der Waals surface area contributed by atoms with E-state index < -0.39 is 25.3 Å². The summed E-state index contributed by atoms with van der Waals surface area (Å²) in [7, 11) is -9.86. The van der Waals surface area contributed by atoms with Crippen molar-refractivity contribution in [1.82, 2.24) is 0 Å². The Kier molecular flexibility index (Phi) is 2.17. The zero-order valence-corrected chi connectivity index (χ0v) is 5.61. The van der Waals surface area contributed by atoms with E-state index in [1.165, 1.54) is 0 Å². The van der Waals surface area contributed by atoms with Crippen LogP contribution in [0, 0.1) is 0 Å². The number of rotatable bonds is 2. The summed E-state index contributed by atoms with van der Waals surface area (Å²) >= 11 is 0. The van der Waals surface area contributed by atoms with Crippen LogP contribution in [0.25, 0.3) is 0 Å². The van der Waals surface area contributed by atoms with E-state index in [0.29, 0.717) is 0 Å². The molecule has 6 nitrogen and oxygen atoms in total. The average molecular weight is 174 g/mol. The Balaban J connectivity index is 4.46. The molecule has 0 rings (SSSR count). The summed E-state index contributed by atoms with van der Waals surface area (Å²) in [6.07, 6.45) is 0. The third-order valence-electron chi connectivity index (χ3n) is 0.289. The van der Waals surface area contributed by atoms with Gasteiger partial charge in [0.1, 0.15) is 25.3 Å².